The van der Waals surface area contributed by atoms with Gasteiger partial charge in [-0.3, -0.25) is 0 Å². The maximum Gasteiger partial charge on any atom is 0.120 e. The highest BCUT2D eigenvalue weighted by Crippen LogP contribution is 2.50. The largest absolute Gasteiger partial charge is 0.390 e. The summed E-state index contributed by atoms with van der Waals surface area (Å²) in [5, 5.41) is 19.6. The van der Waals surface area contributed by atoms with Crippen molar-refractivity contribution in [3.8, 4) is 0 Å². The SMILES string of the molecule is CC1(C)C(CC=O)CC(O)C1(C)O. The summed E-state index contributed by atoms with van der Waals surface area (Å²) in [5.74, 6) is 0.0787. The number of aliphatic hydroxyl groups excluding tert-OH is 1. The van der Waals surface area contributed by atoms with Crippen LogP contribution in [0.3, 0.4) is 0 Å². The molecule has 0 aliphatic heterocycles. The van der Waals surface area contributed by atoms with Gasteiger partial charge in [-0.25, -0.2) is 0 Å². The Hall–Kier alpha value is -0.410. The summed E-state index contributed by atoms with van der Waals surface area (Å²) >= 11 is 0. The lowest BCUT2D eigenvalue weighted by Crippen LogP contribution is -2.46. The van der Waals surface area contributed by atoms with E-state index in [-0.39, 0.29) is 5.92 Å². The number of aldehydes is 1. The van der Waals surface area contributed by atoms with E-state index in [2.05, 4.69) is 0 Å². The third-order valence-corrected chi connectivity index (χ3v) is 3.86. The predicted molar refractivity (Wildman–Crippen MR) is 49.2 cm³/mol. The Bertz CT molecular complexity index is 208. The Morgan fingerprint density at radius 3 is 2.31 bits per heavy atom. The third-order valence-electron chi connectivity index (χ3n) is 3.86. The molecule has 1 aliphatic rings. The number of hydrogen-bond acceptors (Lipinski definition) is 3. The zero-order valence-corrected chi connectivity index (χ0v) is 8.45. The number of carbonyl (C=O) groups is 1. The van der Waals surface area contributed by atoms with Gasteiger partial charge in [-0.1, -0.05) is 13.8 Å². The second kappa shape index (κ2) is 3.07. The Balaban J connectivity index is 2.89. The monoisotopic (exact) mass is 186 g/mol. The summed E-state index contributed by atoms with van der Waals surface area (Å²) in [6, 6.07) is 0. The van der Waals surface area contributed by atoms with Crippen molar-refractivity contribution in [1.29, 1.82) is 0 Å². The Morgan fingerprint density at radius 2 is 2.00 bits per heavy atom. The topological polar surface area (TPSA) is 57.5 Å². The van der Waals surface area contributed by atoms with Crippen molar-refractivity contribution in [3.05, 3.63) is 0 Å². The van der Waals surface area contributed by atoms with Crippen LogP contribution in [0.1, 0.15) is 33.6 Å². The molecule has 0 spiro atoms. The highest BCUT2D eigenvalue weighted by Gasteiger charge is 2.55. The Kier molecular flexibility index (Phi) is 2.52. The Morgan fingerprint density at radius 1 is 1.46 bits per heavy atom. The first-order chi connectivity index (χ1) is 5.84. The molecule has 0 bridgehead atoms. The first-order valence-corrected chi connectivity index (χ1v) is 4.68. The molecule has 2 N–H and O–H groups in total. The van der Waals surface area contributed by atoms with E-state index in [1.54, 1.807) is 6.92 Å². The van der Waals surface area contributed by atoms with Crippen molar-refractivity contribution in [3.63, 3.8) is 0 Å². The molecule has 0 aromatic heterocycles. The molecule has 3 atom stereocenters. The zero-order chi connectivity index (χ0) is 10.3. The molecule has 3 heteroatoms. The van der Waals surface area contributed by atoms with Gasteiger partial charge in [-0.2, -0.15) is 0 Å². The lowest BCUT2D eigenvalue weighted by molar-refractivity contribution is -0.113. The van der Waals surface area contributed by atoms with E-state index >= 15 is 0 Å². The smallest absolute Gasteiger partial charge is 0.120 e. The van der Waals surface area contributed by atoms with E-state index < -0.39 is 17.1 Å². The van der Waals surface area contributed by atoms with Crippen LogP contribution in [0.2, 0.25) is 0 Å². The van der Waals surface area contributed by atoms with E-state index in [1.165, 1.54) is 0 Å². The van der Waals surface area contributed by atoms with Crippen LogP contribution in [0, 0.1) is 11.3 Å². The van der Waals surface area contributed by atoms with E-state index in [1.807, 2.05) is 13.8 Å². The summed E-state index contributed by atoms with van der Waals surface area (Å²) in [7, 11) is 0. The van der Waals surface area contributed by atoms with Gasteiger partial charge in [0.2, 0.25) is 0 Å². The quantitative estimate of drug-likeness (QED) is 0.625. The summed E-state index contributed by atoms with van der Waals surface area (Å²) in [6.45, 7) is 5.44. The number of carbonyl (C=O) groups excluding carboxylic acids is 1. The molecule has 13 heavy (non-hydrogen) atoms. The molecule has 76 valence electrons. The van der Waals surface area contributed by atoms with Gasteiger partial charge in [0.05, 0.1) is 11.7 Å². The first-order valence-electron chi connectivity index (χ1n) is 4.68. The zero-order valence-electron chi connectivity index (χ0n) is 8.45. The van der Waals surface area contributed by atoms with Gasteiger partial charge in [0.1, 0.15) is 6.29 Å². The summed E-state index contributed by atoms with van der Waals surface area (Å²) < 4.78 is 0. The minimum Gasteiger partial charge on any atom is -0.390 e. The van der Waals surface area contributed by atoms with Crippen LogP contribution in [0.25, 0.3) is 0 Å². The van der Waals surface area contributed by atoms with Crippen molar-refractivity contribution in [2.24, 2.45) is 11.3 Å². The van der Waals surface area contributed by atoms with E-state index in [9.17, 15) is 15.0 Å². The van der Waals surface area contributed by atoms with Gasteiger partial charge in [-0.15, -0.1) is 0 Å². The van der Waals surface area contributed by atoms with Crippen LogP contribution in [-0.2, 0) is 4.79 Å². The van der Waals surface area contributed by atoms with Gasteiger partial charge in [0.15, 0.2) is 0 Å². The van der Waals surface area contributed by atoms with Crippen LogP contribution >= 0.6 is 0 Å². The molecular formula is C10H18O3. The van der Waals surface area contributed by atoms with Crippen LogP contribution in [0.5, 0.6) is 0 Å². The second-order valence-corrected chi connectivity index (χ2v) is 4.72. The van der Waals surface area contributed by atoms with E-state index in [4.69, 9.17) is 0 Å². The molecule has 3 unspecified atom stereocenters. The van der Waals surface area contributed by atoms with Gasteiger partial charge in [-0.05, 0) is 24.7 Å². The van der Waals surface area contributed by atoms with Crippen molar-refractivity contribution >= 4 is 6.29 Å². The molecule has 1 rings (SSSR count). The molecule has 0 aromatic rings. The number of aliphatic hydroxyl groups is 2. The maximum atomic E-state index is 10.4. The van der Waals surface area contributed by atoms with Gasteiger partial charge >= 0.3 is 0 Å². The lowest BCUT2D eigenvalue weighted by Gasteiger charge is -2.38. The normalized spacial score (nSPS) is 43.5. The minimum atomic E-state index is -1.08. The summed E-state index contributed by atoms with van der Waals surface area (Å²) in [4.78, 5) is 10.4. The van der Waals surface area contributed by atoms with Crippen molar-refractivity contribution < 1.29 is 15.0 Å². The van der Waals surface area contributed by atoms with Crippen molar-refractivity contribution in [1.82, 2.24) is 0 Å². The molecule has 0 aromatic carbocycles. The van der Waals surface area contributed by atoms with Crippen LogP contribution in [0.15, 0.2) is 0 Å². The molecule has 0 heterocycles. The van der Waals surface area contributed by atoms with Gasteiger partial charge < -0.3 is 15.0 Å². The summed E-state index contributed by atoms with van der Waals surface area (Å²) in [6.07, 6.45) is 1.08. The van der Waals surface area contributed by atoms with Crippen molar-refractivity contribution in [2.45, 2.75) is 45.3 Å². The average Bonchev–Trinajstić information content (AvgIpc) is 2.14. The number of rotatable bonds is 2. The lowest BCUT2D eigenvalue weighted by atomic mass is 9.72. The van der Waals surface area contributed by atoms with Crippen LogP contribution in [0.4, 0.5) is 0 Å². The molecular weight excluding hydrogens is 168 g/mol. The maximum absolute atomic E-state index is 10.4. The average molecular weight is 186 g/mol. The van der Waals surface area contributed by atoms with E-state index in [0.29, 0.717) is 12.8 Å². The van der Waals surface area contributed by atoms with Crippen LogP contribution in [-0.4, -0.2) is 28.2 Å². The van der Waals surface area contributed by atoms with Crippen LogP contribution < -0.4 is 0 Å². The van der Waals surface area contributed by atoms with Gasteiger partial charge in [0, 0.05) is 6.42 Å². The second-order valence-electron chi connectivity index (χ2n) is 4.72. The molecule has 0 saturated heterocycles. The highest BCUT2D eigenvalue weighted by molar-refractivity contribution is 5.50. The Labute approximate surface area is 78.8 Å². The van der Waals surface area contributed by atoms with E-state index in [0.717, 1.165) is 6.29 Å². The first kappa shape index (κ1) is 10.7. The molecule has 3 nitrogen and oxygen atoms in total. The molecule has 1 fully saturated rings. The highest BCUT2D eigenvalue weighted by atomic mass is 16.3. The third kappa shape index (κ3) is 1.40. The molecule has 1 saturated carbocycles. The fourth-order valence-corrected chi connectivity index (χ4v) is 2.14. The molecule has 0 amide bonds. The van der Waals surface area contributed by atoms with Gasteiger partial charge in [0.25, 0.3) is 0 Å². The fraction of sp³-hybridized carbons (Fsp3) is 0.900. The number of hydrogen-bond donors (Lipinski definition) is 2. The predicted octanol–water partition coefficient (Wildman–Crippen LogP) is 0.733. The fourth-order valence-electron chi connectivity index (χ4n) is 2.14. The summed E-state index contributed by atoms with van der Waals surface area (Å²) in [5.41, 5.74) is -1.48. The van der Waals surface area contributed by atoms with Crippen molar-refractivity contribution in [2.75, 3.05) is 0 Å². The molecule has 0 radical (unpaired) electrons. The molecule has 1 aliphatic carbocycles. The standard InChI is InChI=1S/C10H18O3/c1-9(2)7(4-5-11)6-8(12)10(9,3)13/h5,7-8,12-13H,4,6H2,1-3H3. The minimum absolute atomic E-state index is 0.0787.